The molecule has 0 N–H and O–H groups in total. The highest BCUT2D eigenvalue weighted by molar-refractivity contribution is 4.94. The summed E-state index contributed by atoms with van der Waals surface area (Å²) in [6.45, 7) is 8.74. The van der Waals surface area contributed by atoms with E-state index in [4.69, 9.17) is 9.98 Å². The van der Waals surface area contributed by atoms with Gasteiger partial charge in [-0.15, -0.1) is 0 Å². The van der Waals surface area contributed by atoms with Crippen molar-refractivity contribution in [2.45, 2.75) is 155 Å². The van der Waals surface area contributed by atoms with Crippen molar-refractivity contribution in [1.82, 2.24) is 9.13 Å². The Balaban J connectivity index is 0.00000840. The van der Waals surface area contributed by atoms with Crippen molar-refractivity contribution in [1.29, 1.82) is 0 Å². The maximum Gasteiger partial charge on any atom is 0.0603 e. The lowest BCUT2D eigenvalue weighted by Crippen LogP contribution is -3.00. The molecule has 0 aromatic carbocycles. The largest absolute Gasteiger partial charge is 1.00 e. The Morgan fingerprint density at radius 3 is 1.05 bits per heavy atom. The molecule has 2 aromatic rings. The minimum Gasteiger partial charge on any atom is -1.00 e. The van der Waals surface area contributed by atoms with Crippen LogP contribution in [0, 0.1) is 0 Å². The molecule has 0 saturated carbocycles. The first-order valence-corrected chi connectivity index (χ1v) is 17.1. The molecule has 2 heterocycles. The van der Waals surface area contributed by atoms with Gasteiger partial charge in [0.25, 0.3) is 0 Å². The predicted octanol–water partition coefficient (Wildman–Crippen LogP) is 6.64. The molecule has 4 nitrogen and oxygen atoms in total. The van der Waals surface area contributed by atoms with Gasteiger partial charge in [0.15, 0.2) is 0 Å². The molecule has 5 heteroatoms. The van der Waals surface area contributed by atoms with Gasteiger partial charge in [-0.3, -0.25) is 9.98 Å². The van der Waals surface area contributed by atoms with Gasteiger partial charge in [0.1, 0.15) is 0 Å². The molecule has 0 aliphatic carbocycles. The van der Waals surface area contributed by atoms with Crippen molar-refractivity contribution in [2.24, 2.45) is 9.98 Å². The topological polar surface area (TPSA) is 34.6 Å². The molecule has 41 heavy (non-hydrogen) atoms. The summed E-state index contributed by atoms with van der Waals surface area (Å²) < 4.78 is 4.63. The third kappa shape index (κ3) is 20.8. The highest BCUT2D eigenvalue weighted by atomic mass is 79.9. The molecule has 0 atom stereocenters. The van der Waals surface area contributed by atoms with Crippen LogP contribution in [0.25, 0.3) is 0 Å². The van der Waals surface area contributed by atoms with E-state index in [1.54, 1.807) is 0 Å². The van der Waals surface area contributed by atoms with E-state index in [9.17, 15) is 0 Å². The van der Waals surface area contributed by atoms with Gasteiger partial charge in [-0.2, -0.15) is 0 Å². The molecule has 0 bridgehead atoms. The molecule has 0 aliphatic heterocycles. The molecule has 2 rings (SSSR count). The lowest BCUT2D eigenvalue weighted by atomic mass is 10.1. The number of hydrogen-bond donors (Lipinski definition) is 0. The molecular formula is C36H62BrN4-. The summed E-state index contributed by atoms with van der Waals surface area (Å²) in [7, 11) is 0. The molecule has 0 amide bonds. The van der Waals surface area contributed by atoms with E-state index in [0.717, 1.165) is 36.9 Å². The van der Waals surface area contributed by atoms with Gasteiger partial charge in [0.05, 0.1) is 10.7 Å². The van der Waals surface area contributed by atoms with E-state index in [0.29, 0.717) is 0 Å². The van der Waals surface area contributed by atoms with E-state index in [2.05, 4.69) is 72.0 Å². The number of rotatable bonds is 25. The second-order valence-electron chi connectivity index (χ2n) is 11.7. The van der Waals surface area contributed by atoms with Crippen LogP contribution in [-0.4, -0.2) is 22.2 Å². The van der Waals surface area contributed by atoms with Crippen molar-refractivity contribution in [3.05, 3.63) is 59.8 Å². The molecule has 0 radical (unpaired) electrons. The Labute approximate surface area is 263 Å². The summed E-state index contributed by atoms with van der Waals surface area (Å²) in [6.07, 6.45) is 35.5. The second-order valence-corrected chi connectivity index (χ2v) is 11.7. The Bertz CT molecular complexity index is 858. The van der Waals surface area contributed by atoms with E-state index in [1.807, 2.05) is 0 Å². The number of unbranched alkanes of at least 4 members (excludes halogenated alkanes) is 17. The molecule has 0 spiro atoms. The molecule has 0 saturated heterocycles. The normalized spacial score (nSPS) is 10.9. The van der Waals surface area contributed by atoms with Crippen LogP contribution in [0.4, 0.5) is 0 Å². The van der Waals surface area contributed by atoms with Gasteiger partial charge < -0.3 is 26.1 Å². The Morgan fingerprint density at radius 2 is 0.707 bits per heavy atom. The quantitative estimate of drug-likeness (QED) is 0.110. The molecule has 2 aromatic heterocycles. The number of aryl methyl sites for hydroxylation is 2. The predicted molar refractivity (Wildman–Crippen MR) is 173 cm³/mol. The zero-order valence-electron chi connectivity index (χ0n) is 26.8. The Morgan fingerprint density at radius 1 is 0.415 bits per heavy atom. The van der Waals surface area contributed by atoms with Crippen LogP contribution in [0.2, 0.25) is 0 Å². The standard InChI is InChI=1S/C36H62N4.BrH/c1-3-5-7-9-15-19-27-37-35-23-31-39(32-24-35)29-21-17-13-11-12-14-18-22-30-40-33-25-36(26-34-40)38-28-20-16-10-8-6-4-2;/h23-26,31-34H,3-22,27-30H2,1-2H3;1H/p-1. The van der Waals surface area contributed by atoms with Crippen LogP contribution >= 0.6 is 0 Å². The third-order valence-corrected chi connectivity index (χ3v) is 7.94. The van der Waals surface area contributed by atoms with Crippen LogP contribution in [0.15, 0.2) is 59.0 Å². The lowest BCUT2D eigenvalue weighted by molar-refractivity contribution is -0.00000873. The van der Waals surface area contributed by atoms with Crippen LogP contribution in [0.5, 0.6) is 0 Å². The Kier molecular flexibility index (Phi) is 24.8. The molecule has 0 aliphatic rings. The first-order valence-electron chi connectivity index (χ1n) is 17.1. The number of hydrogen-bond acceptors (Lipinski definition) is 2. The van der Waals surface area contributed by atoms with Crippen molar-refractivity contribution < 1.29 is 17.0 Å². The summed E-state index contributed by atoms with van der Waals surface area (Å²) in [5, 5.41) is 2.27. The third-order valence-electron chi connectivity index (χ3n) is 7.94. The summed E-state index contributed by atoms with van der Waals surface area (Å²) in [5.41, 5.74) is 0. The van der Waals surface area contributed by atoms with Gasteiger partial charge in [-0.05, 0) is 49.9 Å². The van der Waals surface area contributed by atoms with Crippen molar-refractivity contribution in [3.63, 3.8) is 0 Å². The molecule has 234 valence electrons. The highest BCUT2D eigenvalue weighted by Crippen LogP contribution is 2.10. The van der Waals surface area contributed by atoms with E-state index in [-0.39, 0.29) is 17.0 Å². The van der Waals surface area contributed by atoms with Gasteiger partial charge in [-0.1, -0.05) is 117 Å². The van der Waals surface area contributed by atoms with Crippen LogP contribution < -0.4 is 27.7 Å². The van der Waals surface area contributed by atoms with E-state index >= 15 is 0 Å². The van der Waals surface area contributed by atoms with Crippen LogP contribution in [-0.2, 0) is 13.1 Å². The fourth-order valence-corrected chi connectivity index (χ4v) is 5.26. The fraction of sp³-hybridized carbons (Fsp3) is 0.722. The molecular weight excluding hydrogens is 568 g/mol. The average molecular weight is 631 g/mol. The van der Waals surface area contributed by atoms with Crippen LogP contribution in [0.3, 0.4) is 0 Å². The number of pyridine rings is 2. The number of halogens is 1. The molecule has 0 fully saturated rings. The lowest BCUT2D eigenvalue weighted by Gasteiger charge is -2.07. The maximum absolute atomic E-state index is 4.74. The summed E-state index contributed by atoms with van der Waals surface area (Å²) in [6, 6.07) is 8.71. The maximum atomic E-state index is 4.74. The minimum absolute atomic E-state index is 0. The second kappa shape index (κ2) is 27.2. The Hall–Kier alpha value is -1.62. The van der Waals surface area contributed by atoms with Crippen LogP contribution in [0.1, 0.15) is 142 Å². The van der Waals surface area contributed by atoms with Gasteiger partial charge in [0, 0.05) is 51.0 Å². The van der Waals surface area contributed by atoms with Crippen molar-refractivity contribution >= 4 is 0 Å². The summed E-state index contributed by atoms with van der Waals surface area (Å²) in [5.74, 6) is 0. The SMILES string of the molecule is CCCCCCCCN=c1ccn(CCCCCCCCCCn2ccc(=NCCCCCCCC)cc2)cc1.[Br-]. The number of nitrogens with zero attached hydrogens (tertiary/aromatic N) is 4. The zero-order chi connectivity index (χ0) is 28.4. The minimum atomic E-state index is 0. The first kappa shape index (κ1) is 37.4. The highest BCUT2D eigenvalue weighted by Gasteiger charge is 1.96. The monoisotopic (exact) mass is 629 g/mol. The number of aromatic nitrogens is 2. The smallest absolute Gasteiger partial charge is 0.0603 e. The van der Waals surface area contributed by atoms with Gasteiger partial charge in [-0.25, -0.2) is 0 Å². The van der Waals surface area contributed by atoms with Crippen molar-refractivity contribution in [2.75, 3.05) is 13.1 Å². The van der Waals surface area contributed by atoms with E-state index in [1.165, 1.54) is 128 Å². The van der Waals surface area contributed by atoms with E-state index < -0.39 is 0 Å². The first-order chi connectivity index (χ1) is 19.8. The zero-order valence-corrected chi connectivity index (χ0v) is 28.3. The van der Waals surface area contributed by atoms with Gasteiger partial charge >= 0.3 is 0 Å². The summed E-state index contributed by atoms with van der Waals surface area (Å²) in [4.78, 5) is 9.48. The average Bonchev–Trinajstić information content (AvgIpc) is 2.98. The van der Waals surface area contributed by atoms with Crippen molar-refractivity contribution in [3.8, 4) is 0 Å². The summed E-state index contributed by atoms with van der Waals surface area (Å²) >= 11 is 0. The molecule has 0 unspecified atom stereocenters. The van der Waals surface area contributed by atoms with Gasteiger partial charge in [0.2, 0.25) is 0 Å². The fourth-order valence-electron chi connectivity index (χ4n) is 5.26.